The fraction of sp³-hybridized carbons (Fsp3) is 0.348. The zero-order valence-electron chi connectivity index (χ0n) is 18.0. The molecule has 1 fully saturated rings. The van der Waals surface area contributed by atoms with Crippen molar-refractivity contribution in [2.75, 3.05) is 10.6 Å². The Kier molecular flexibility index (Phi) is 5.28. The quantitative estimate of drug-likeness (QED) is 0.493. The molecule has 2 unspecified atom stereocenters. The van der Waals surface area contributed by atoms with Crippen LogP contribution in [0.2, 0.25) is 25.2 Å². The maximum absolute atomic E-state index is 12.8. The van der Waals surface area contributed by atoms with E-state index in [9.17, 15) is 9.59 Å². The monoisotopic (exact) mass is 437 g/mol. The second kappa shape index (κ2) is 7.63. The molecule has 1 heterocycles. The van der Waals surface area contributed by atoms with Crippen molar-refractivity contribution in [2.45, 2.75) is 45.5 Å². The number of thiazole rings is 1. The Labute approximate surface area is 181 Å². The van der Waals surface area contributed by atoms with Crippen LogP contribution < -0.4 is 10.6 Å². The fourth-order valence-electron chi connectivity index (χ4n) is 3.96. The zero-order valence-corrected chi connectivity index (χ0v) is 19.8. The van der Waals surface area contributed by atoms with Gasteiger partial charge in [-0.15, -0.1) is 0 Å². The van der Waals surface area contributed by atoms with Crippen molar-refractivity contribution < 1.29 is 9.59 Å². The van der Waals surface area contributed by atoms with Gasteiger partial charge in [0.1, 0.15) is 0 Å². The van der Waals surface area contributed by atoms with Crippen LogP contribution in [0.1, 0.15) is 27.9 Å². The van der Waals surface area contributed by atoms with Gasteiger partial charge in [0.25, 0.3) is 5.91 Å². The lowest BCUT2D eigenvalue weighted by atomic mass is 10.1. The van der Waals surface area contributed by atoms with E-state index in [-0.39, 0.29) is 17.7 Å². The van der Waals surface area contributed by atoms with E-state index in [0.29, 0.717) is 16.2 Å². The summed E-state index contributed by atoms with van der Waals surface area (Å²) >= 11 is 1.41. The molecular formula is C23H27N3O2SSi. The van der Waals surface area contributed by atoms with Gasteiger partial charge in [-0.05, 0) is 55.1 Å². The van der Waals surface area contributed by atoms with Gasteiger partial charge in [0.15, 0.2) is 5.13 Å². The molecule has 1 saturated carbocycles. The number of nitrogens with one attached hydrogen (secondary N) is 2. The van der Waals surface area contributed by atoms with E-state index >= 15 is 0 Å². The third-order valence-electron chi connectivity index (χ3n) is 5.84. The number of hydrogen-bond donors (Lipinski definition) is 2. The summed E-state index contributed by atoms with van der Waals surface area (Å²) in [7, 11) is -1.28. The van der Waals surface area contributed by atoms with Crippen molar-refractivity contribution >= 4 is 52.3 Å². The summed E-state index contributed by atoms with van der Waals surface area (Å²) in [6.07, 6.45) is 0.995. The molecule has 1 aromatic heterocycles. The van der Waals surface area contributed by atoms with Crippen LogP contribution in [0.25, 0.3) is 10.2 Å². The smallest absolute Gasteiger partial charge is 0.255 e. The van der Waals surface area contributed by atoms with Crippen molar-refractivity contribution in [3.63, 3.8) is 0 Å². The largest absolute Gasteiger partial charge is 0.322 e. The summed E-state index contributed by atoms with van der Waals surface area (Å²) in [6.45, 7) is 10.9. The molecule has 5 nitrogen and oxygen atoms in total. The molecule has 7 heteroatoms. The number of carbonyl (C=O) groups excluding carboxylic acids is 2. The van der Waals surface area contributed by atoms with Crippen LogP contribution in [-0.4, -0.2) is 24.9 Å². The highest BCUT2D eigenvalue weighted by Gasteiger charge is 2.50. The Hall–Kier alpha value is -2.51. The first-order valence-corrected chi connectivity index (χ1v) is 14.6. The highest BCUT2D eigenvalue weighted by Crippen LogP contribution is 2.52. The third kappa shape index (κ3) is 4.18. The van der Waals surface area contributed by atoms with Crippen molar-refractivity contribution in [2.24, 2.45) is 5.92 Å². The number of aryl methyl sites for hydroxylation is 2. The molecule has 2 N–H and O–H groups in total. The molecule has 156 valence electrons. The maximum atomic E-state index is 12.8. The van der Waals surface area contributed by atoms with Crippen molar-refractivity contribution in [1.82, 2.24) is 4.98 Å². The number of para-hydroxylation sites is 1. The van der Waals surface area contributed by atoms with E-state index in [0.717, 1.165) is 33.5 Å². The van der Waals surface area contributed by atoms with Crippen molar-refractivity contribution in [1.29, 1.82) is 0 Å². The van der Waals surface area contributed by atoms with Gasteiger partial charge in [-0.3, -0.25) is 9.59 Å². The minimum Gasteiger partial charge on any atom is -0.322 e. The van der Waals surface area contributed by atoms with E-state index in [4.69, 9.17) is 0 Å². The van der Waals surface area contributed by atoms with Gasteiger partial charge in [0, 0.05) is 25.2 Å². The molecule has 2 aromatic carbocycles. The van der Waals surface area contributed by atoms with Crippen LogP contribution in [-0.2, 0) is 4.79 Å². The predicted octanol–water partition coefficient (Wildman–Crippen LogP) is 5.83. The number of rotatable bonds is 5. The summed E-state index contributed by atoms with van der Waals surface area (Å²) in [5.41, 5.74) is 4.84. The average molecular weight is 438 g/mol. The molecule has 2 amide bonds. The minimum absolute atomic E-state index is 0.0782. The summed E-state index contributed by atoms with van der Waals surface area (Å²) in [6, 6.07) is 11.4. The Morgan fingerprint density at radius 1 is 1.07 bits per heavy atom. The van der Waals surface area contributed by atoms with E-state index in [1.54, 1.807) is 6.07 Å². The number of carbonyl (C=O) groups is 2. The topological polar surface area (TPSA) is 71.1 Å². The van der Waals surface area contributed by atoms with Gasteiger partial charge in [0.05, 0.1) is 10.2 Å². The van der Waals surface area contributed by atoms with Crippen LogP contribution in [0.5, 0.6) is 0 Å². The second-order valence-corrected chi connectivity index (χ2v) is 15.7. The molecule has 0 radical (unpaired) electrons. The van der Waals surface area contributed by atoms with Crippen LogP contribution in [0.4, 0.5) is 10.8 Å². The van der Waals surface area contributed by atoms with Crippen molar-refractivity contribution in [3.8, 4) is 0 Å². The lowest BCUT2D eigenvalue weighted by Gasteiger charge is -2.14. The number of aromatic nitrogens is 1. The minimum atomic E-state index is -1.28. The normalized spacial score (nSPS) is 18.3. The van der Waals surface area contributed by atoms with Crippen LogP contribution in [0.3, 0.4) is 0 Å². The molecule has 1 aliphatic carbocycles. The summed E-state index contributed by atoms with van der Waals surface area (Å²) in [5, 5.41) is 6.61. The third-order valence-corrected chi connectivity index (χ3v) is 9.64. The molecule has 0 bridgehead atoms. The number of anilines is 2. The lowest BCUT2D eigenvalue weighted by Crippen LogP contribution is -2.24. The van der Waals surface area contributed by atoms with Gasteiger partial charge in [-0.1, -0.05) is 49.2 Å². The number of nitrogens with zero attached hydrogens (tertiary/aromatic N) is 1. The van der Waals surface area contributed by atoms with Gasteiger partial charge in [-0.2, -0.15) is 0 Å². The number of benzene rings is 2. The summed E-state index contributed by atoms with van der Waals surface area (Å²) in [5.74, 6) is 0.0566. The van der Waals surface area contributed by atoms with Crippen LogP contribution in [0.15, 0.2) is 36.4 Å². The highest BCUT2D eigenvalue weighted by atomic mass is 32.1. The Morgan fingerprint density at radius 3 is 2.40 bits per heavy atom. The van der Waals surface area contributed by atoms with E-state index < -0.39 is 8.07 Å². The molecule has 2 atom stereocenters. The molecule has 0 saturated heterocycles. The summed E-state index contributed by atoms with van der Waals surface area (Å²) in [4.78, 5) is 29.9. The van der Waals surface area contributed by atoms with E-state index in [2.05, 4.69) is 35.3 Å². The molecule has 4 rings (SSSR count). The van der Waals surface area contributed by atoms with Gasteiger partial charge in [-0.25, -0.2) is 4.98 Å². The average Bonchev–Trinajstić information content (AvgIpc) is 3.39. The SMILES string of the molecule is Cc1cccc(C)c1NC(=O)c1ccc2nc(NC(=O)C3CC3[Si](C)(C)C)sc2c1. The van der Waals surface area contributed by atoms with E-state index in [1.165, 1.54) is 11.3 Å². The first kappa shape index (κ1) is 20.7. The Balaban J connectivity index is 1.49. The number of hydrogen-bond acceptors (Lipinski definition) is 4. The molecule has 3 aromatic rings. The number of amides is 2. The number of fused-ring (bicyclic) bond motifs is 1. The predicted molar refractivity (Wildman–Crippen MR) is 127 cm³/mol. The zero-order chi connectivity index (χ0) is 21.6. The second-order valence-electron chi connectivity index (χ2n) is 9.23. The van der Waals surface area contributed by atoms with Crippen LogP contribution in [0, 0.1) is 19.8 Å². The standard InChI is InChI=1S/C23H27N3O2SSi/c1-13-7-6-8-14(2)20(13)25-21(27)15-9-10-17-18(11-15)29-23(24-17)26-22(28)16-12-19(16)30(3,4)5/h6-11,16,19H,12H2,1-5H3,(H,25,27)(H,24,26,28). The van der Waals surface area contributed by atoms with Gasteiger partial charge < -0.3 is 10.6 Å². The molecule has 1 aliphatic rings. The van der Waals surface area contributed by atoms with Gasteiger partial charge >= 0.3 is 0 Å². The molecule has 0 aliphatic heterocycles. The molecule has 0 spiro atoms. The highest BCUT2D eigenvalue weighted by molar-refractivity contribution is 7.22. The van der Waals surface area contributed by atoms with Gasteiger partial charge in [0.2, 0.25) is 5.91 Å². The van der Waals surface area contributed by atoms with Crippen molar-refractivity contribution in [3.05, 3.63) is 53.1 Å². The van der Waals surface area contributed by atoms with E-state index in [1.807, 2.05) is 44.2 Å². The summed E-state index contributed by atoms with van der Waals surface area (Å²) < 4.78 is 0.886. The molecule has 30 heavy (non-hydrogen) atoms. The first-order chi connectivity index (χ1) is 14.1. The fourth-order valence-corrected chi connectivity index (χ4v) is 7.18. The lowest BCUT2D eigenvalue weighted by molar-refractivity contribution is -0.117. The molecular weight excluding hydrogens is 410 g/mol. The van der Waals surface area contributed by atoms with Crippen LogP contribution >= 0.6 is 11.3 Å². The Morgan fingerprint density at radius 2 is 1.77 bits per heavy atom. The maximum Gasteiger partial charge on any atom is 0.255 e. The Bertz CT molecular complexity index is 1130. The first-order valence-electron chi connectivity index (χ1n) is 10.2.